The van der Waals surface area contributed by atoms with Crippen LogP contribution in [0.3, 0.4) is 0 Å². The predicted molar refractivity (Wildman–Crippen MR) is 151 cm³/mol. The summed E-state index contributed by atoms with van der Waals surface area (Å²) in [5, 5.41) is 1.84. The largest absolute Gasteiger partial charge is 0.467 e. The first-order chi connectivity index (χ1) is 18.3. The molecule has 2 aliphatic rings. The Kier molecular flexibility index (Phi) is 7.75. The summed E-state index contributed by atoms with van der Waals surface area (Å²) in [6.45, 7) is 4.05. The number of hydrogen-bond donors (Lipinski definition) is 2. The maximum atomic E-state index is 11.4. The zero-order valence-electron chi connectivity index (χ0n) is 21.1. The minimum atomic E-state index is -3.36. The van der Waals surface area contributed by atoms with Crippen LogP contribution in [0.25, 0.3) is 15.8 Å². The number of aryl methyl sites for hydroxylation is 1. The van der Waals surface area contributed by atoms with Gasteiger partial charge in [0.25, 0.3) is 5.19 Å². The minimum Gasteiger partial charge on any atom is -0.467 e. The van der Waals surface area contributed by atoms with Crippen LogP contribution in [0.15, 0.2) is 53.1 Å². The minimum absolute atomic E-state index is 0.0905. The summed E-state index contributed by atoms with van der Waals surface area (Å²) in [6, 6.07) is 5.97. The molecule has 12 heteroatoms. The number of fused-ring (bicyclic) bond motifs is 1. The highest BCUT2D eigenvalue weighted by Crippen LogP contribution is 2.45. The standard InChI is InChI=1S/C26H29N5O5S2/c1-17-15-29-23(16-28-17)31-10-6-20(7-11-31)36-26-30-21-4-3-18(13-22(21)37-26)19-5-9-27-24(14-19)38(33,34)12-8-25(32)35-2/h3-4,8,12-16,20,33-34H,5-7,9-11H2,1-2H3. The highest BCUT2D eigenvalue weighted by Gasteiger charge is 2.24. The summed E-state index contributed by atoms with van der Waals surface area (Å²) in [6.07, 6.45) is 8.81. The van der Waals surface area contributed by atoms with Crippen LogP contribution in [0.2, 0.25) is 0 Å². The van der Waals surface area contributed by atoms with Crippen molar-refractivity contribution < 1.29 is 23.4 Å². The van der Waals surface area contributed by atoms with Gasteiger partial charge in [0.05, 0.1) is 35.4 Å². The molecule has 0 saturated carbocycles. The van der Waals surface area contributed by atoms with Crippen LogP contribution >= 0.6 is 21.9 Å². The van der Waals surface area contributed by atoms with Gasteiger partial charge in [-0.2, -0.15) is 0 Å². The van der Waals surface area contributed by atoms with Gasteiger partial charge in [0, 0.05) is 44.0 Å². The molecule has 38 heavy (non-hydrogen) atoms. The van der Waals surface area contributed by atoms with E-state index >= 15 is 0 Å². The average Bonchev–Trinajstić information content (AvgIpc) is 3.34. The summed E-state index contributed by atoms with van der Waals surface area (Å²) in [7, 11) is -2.13. The molecule has 5 rings (SSSR count). The smallest absolute Gasteiger partial charge is 0.331 e. The lowest BCUT2D eigenvalue weighted by atomic mass is 10.0. The van der Waals surface area contributed by atoms with Gasteiger partial charge in [-0.1, -0.05) is 17.4 Å². The number of piperidine rings is 1. The molecule has 4 heterocycles. The van der Waals surface area contributed by atoms with E-state index in [1.165, 1.54) is 18.4 Å². The van der Waals surface area contributed by atoms with Crippen LogP contribution in [0.5, 0.6) is 5.19 Å². The molecule has 2 N–H and O–H groups in total. The van der Waals surface area contributed by atoms with E-state index in [9.17, 15) is 13.9 Å². The fourth-order valence-corrected chi connectivity index (χ4v) is 6.26. The fourth-order valence-electron chi connectivity index (χ4n) is 4.30. The number of esters is 1. The van der Waals surface area contributed by atoms with Crippen molar-refractivity contribution in [3.8, 4) is 5.19 Å². The number of rotatable bonds is 6. The summed E-state index contributed by atoms with van der Waals surface area (Å²) in [5.41, 5.74) is 3.66. The highest BCUT2D eigenvalue weighted by molar-refractivity contribution is 8.39. The maximum Gasteiger partial charge on any atom is 0.331 e. The third kappa shape index (κ3) is 6.04. The molecule has 0 radical (unpaired) electrons. The number of nitrogens with zero attached hydrogens (tertiary/aromatic N) is 5. The molecule has 1 saturated heterocycles. The number of benzene rings is 1. The van der Waals surface area contributed by atoms with Gasteiger partial charge in [-0.3, -0.25) is 19.1 Å². The van der Waals surface area contributed by atoms with Gasteiger partial charge in [-0.15, -0.1) is 10.6 Å². The van der Waals surface area contributed by atoms with Crippen molar-refractivity contribution in [2.75, 3.05) is 31.6 Å². The molecule has 0 unspecified atom stereocenters. The van der Waals surface area contributed by atoms with Crippen molar-refractivity contribution >= 4 is 54.5 Å². The Morgan fingerprint density at radius 1 is 1.21 bits per heavy atom. The predicted octanol–water partition coefficient (Wildman–Crippen LogP) is 5.07. The molecule has 2 aromatic heterocycles. The first-order valence-corrected chi connectivity index (χ1v) is 14.6. The van der Waals surface area contributed by atoms with Crippen molar-refractivity contribution in [1.82, 2.24) is 15.0 Å². The summed E-state index contributed by atoms with van der Waals surface area (Å²) < 4.78 is 32.8. The first kappa shape index (κ1) is 26.3. The molecular weight excluding hydrogens is 526 g/mol. The topological polar surface area (TPSA) is 130 Å². The lowest BCUT2D eigenvalue weighted by Gasteiger charge is -2.32. The van der Waals surface area contributed by atoms with Crippen LogP contribution in [0.4, 0.5) is 5.82 Å². The van der Waals surface area contributed by atoms with Crippen molar-refractivity contribution in [2.45, 2.75) is 32.3 Å². The first-order valence-electron chi connectivity index (χ1n) is 12.2. The van der Waals surface area contributed by atoms with Gasteiger partial charge >= 0.3 is 5.97 Å². The van der Waals surface area contributed by atoms with Gasteiger partial charge < -0.3 is 14.4 Å². The van der Waals surface area contributed by atoms with Gasteiger partial charge in [0.1, 0.15) is 17.0 Å². The number of methoxy groups -OCH3 is 1. The number of hydrogen-bond acceptors (Lipinski definition) is 11. The third-order valence-electron chi connectivity index (χ3n) is 6.39. The molecule has 10 nitrogen and oxygen atoms in total. The summed E-state index contributed by atoms with van der Waals surface area (Å²) in [4.78, 5) is 31.4. The van der Waals surface area contributed by atoms with Crippen molar-refractivity contribution in [3.63, 3.8) is 0 Å². The molecule has 0 spiro atoms. The molecule has 200 valence electrons. The van der Waals surface area contributed by atoms with Crippen molar-refractivity contribution in [2.24, 2.45) is 4.99 Å². The molecule has 1 fully saturated rings. The average molecular weight is 556 g/mol. The van der Waals surface area contributed by atoms with Gasteiger partial charge in [-0.25, -0.2) is 14.8 Å². The van der Waals surface area contributed by atoms with Crippen LogP contribution in [0.1, 0.15) is 30.5 Å². The third-order valence-corrected chi connectivity index (χ3v) is 8.68. The number of aliphatic imine (C=N–C) groups is 1. The molecule has 0 aliphatic carbocycles. The zero-order valence-corrected chi connectivity index (χ0v) is 22.7. The van der Waals surface area contributed by atoms with Gasteiger partial charge in [0.15, 0.2) is 0 Å². The molecule has 0 atom stereocenters. The SMILES string of the molecule is COC(=O)C=CS(O)(O)C1=NCCC(c2ccc3nc(OC4CCN(c5cnc(C)cn5)CC4)sc3c2)=C1. The van der Waals surface area contributed by atoms with E-state index in [0.717, 1.165) is 70.3 Å². The number of carbonyl (C=O) groups excluding carboxylic acids is 1. The molecule has 0 amide bonds. The number of thiazole rings is 1. The normalized spacial score (nSPS) is 17.4. The molecular formula is C26H29N5O5S2. The molecule has 0 bridgehead atoms. The second kappa shape index (κ2) is 11.2. The Bertz CT molecular complexity index is 1410. The van der Waals surface area contributed by atoms with Crippen LogP contribution in [-0.2, 0) is 9.53 Å². The number of ether oxygens (including phenoxy) is 2. The Labute approximate surface area is 226 Å². The second-order valence-corrected chi connectivity index (χ2v) is 11.9. The van der Waals surface area contributed by atoms with E-state index in [1.807, 2.05) is 31.3 Å². The van der Waals surface area contributed by atoms with E-state index in [4.69, 9.17) is 4.74 Å². The highest BCUT2D eigenvalue weighted by atomic mass is 32.3. The number of dihydropyridines is 1. The molecule has 2 aliphatic heterocycles. The molecule has 3 aromatic rings. The van der Waals surface area contributed by atoms with E-state index < -0.39 is 16.6 Å². The lowest BCUT2D eigenvalue weighted by molar-refractivity contribution is -0.134. The van der Waals surface area contributed by atoms with Crippen LogP contribution < -0.4 is 9.64 Å². The van der Waals surface area contributed by atoms with Crippen molar-refractivity contribution in [1.29, 1.82) is 0 Å². The van der Waals surface area contributed by atoms with E-state index in [2.05, 4.69) is 29.6 Å². The second-order valence-electron chi connectivity index (χ2n) is 9.04. The Morgan fingerprint density at radius 3 is 2.76 bits per heavy atom. The van der Waals surface area contributed by atoms with Gasteiger partial charge in [0.2, 0.25) is 0 Å². The Morgan fingerprint density at radius 2 is 2.03 bits per heavy atom. The Hall–Kier alpha value is -3.32. The molecule has 1 aromatic carbocycles. The quantitative estimate of drug-likeness (QED) is 0.316. The number of carbonyl (C=O) groups is 1. The summed E-state index contributed by atoms with van der Waals surface area (Å²) >= 11 is 1.51. The van der Waals surface area contributed by atoms with Crippen LogP contribution in [-0.4, -0.2) is 67.9 Å². The van der Waals surface area contributed by atoms with E-state index in [0.29, 0.717) is 18.2 Å². The summed E-state index contributed by atoms with van der Waals surface area (Å²) in [5.74, 6) is 0.234. The van der Waals surface area contributed by atoms with E-state index in [1.54, 1.807) is 12.3 Å². The lowest BCUT2D eigenvalue weighted by Crippen LogP contribution is -2.38. The number of anilines is 1. The number of aromatic nitrogens is 3. The van der Waals surface area contributed by atoms with Crippen LogP contribution in [0, 0.1) is 6.92 Å². The zero-order chi connectivity index (χ0) is 26.7. The van der Waals surface area contributed by atoms with Crippen molar-refractivity contribution in [3.05, 3.63) is 59.4 Å². The maximum absolute atomic E-state index is 11.4. The Balaban J connectivity index is 1.25. The van der Waals surface area contributed by atoms with Gasteiger partial charge in [-0.05, 0) is 42.7 Å². The van der Waals surface area contributed by atoms with E-state index in [-0.39, 0.29) is 11.1 Å². The monoisotopic (exact) mass is 555 g/mol. The fraction of sp³-hybridized carbons (Fsp3) is 0.346.